The topological polar surface area (TPSA) is 121 Å². The Hall–Kier alpha value is -4.27. The molecule has 2 heterocycles. The fourth-order valence-electron chi connectivity index (χ4n) is 5.90. The minimum absolute atomic E-state index is 0.148. The number of carbonyl (C=O) groups is 3. The average molecular weight is 634 g/mol. The van der Waals surface area contributed by atoms with Gasteiger partial charge in [-0.25, -0.2) is 0 Å². The van der Waals surface area contributed by atoms with Crippen LogP contribution < -0.4 is 16.2 Å². The summed E-state index contributed by atoms with van der Waals surface area (Å²) in [4.78, 5) is 39.5. The molecule has 0 radical (unpaired) electrons. The van der Waals surface area contributed by atoms with E-state index < -0.39 is 5.41 Å². The van der Waals surface area contributed by atoms with Crippen molar-refractivity contribution in [1.29, 1.82) is 0 Å². The zero-order chi connectivity index (χ0) is 31.4. The summed E-state index contributed by atoms with van der Waals surface area (Å²) in [6, 6.07) is 24.2. The van der Waals surface area contributed by atoms with E-state index in [0.29, 0.717) is 60.4 Å². The Labute approximate surface area is 266 Å². The maximum absolute atomic E-state index is 14.0. The first-order valence-corrected chi connectivity index (χ1v) is 15.2. The van der Waals surface area contributed by atoms with Crippen molar-refractivity contribution in [3.63, 3.8) is 0 Å². The Bertz CT molecular complexity index is 1680. The molecule has 4 aromatic rings. The van der Waals surface area contributed by atoms with Crippen molar-refractivity contribution in [3.8, 4) is 28.1 Å². The van der Waals surface area contributed by atoms with Gasteiger partial charge in [0.2, 0.25) is 11.8 Å². The van der Waals surface area contributed by atoms with E-state index in [1.54, 1.807) is 17.0 Å². The van der Waals surface area contributed by atoms with Gasteiger partial charge in [0.1, 0.15) is 11.4 Å². The van der Waals surface area contributed by atoms with E-state index >= 15 is 0 Å². The first-order valence-electron chi connectivity index (χ1n) is 14.4. The van der Waals surface area contributed by atoms with Gasteiger partial charge in [-0.15, -0.1) is 0 Å². The number of benzene rings is 3. The van der Waals surface area contributed by atoms with Gasteiger partial charge in [0.25, 0.3) is 5.91 Å². The van der Waals surface area contributed by atoms with Crippen LogP contribution in [0.25, 0.3) is 22.4 Å². The van der Waals surface area contributed by atoms with E-state index in [1.807, 2.05) is 78.3 Å². The number of nitrogens with two attached hydrogens (primary N) is 2. The zero-order valence-corrected chi connectivity index (χ0v) is 25.9. The monoisotopic (exact) mass is 632 g/mol. The number of aromatic nitrogens is 1. The van der Waals surface area contributed by atoms with Crippen molar-refractivity contribution in [1.82, 2.24) is 9.47 Å². The van der Waals surface area contributed by atoms with Crippen molar-refractivity contribution in [3.05, 3.63) is 100 Å². The Morgan fingerprint density at radius 1 is 0.886 bits per heavy atom. The van der Waals surface area contributed by atoms with Crippen molar-refractivity contribution < 1.29 is 19.1 Å². The molecule has 1 aliphatic rings. The van der Waals surface area contributed by atoms with Crippen molar-refractivity contribution in [2.75, 3.05) is 19.7 Å². The molecular weight excluding hydrogens is 599 g/mol. The second-order valence-electron chi connectivity index (χ2n) is 11.0. The molecular formula is C34H34Cl2N4O4. The van der Waals surface area contributed by atoms with Gasteiger partial charge >= 0.3 is 0 Å². The highest BCUT2D eigenvalue weighted by molar-refractivity contribution is 6.36. The fraction of sp³-hybridized carbons (Fsp3) is 0.265. The first-order chi connectivity index (χ1) is 21.1. The summed E-state index contributed by atoms with van der Waals surface area (Å²) < 4.78 is 7.64. The lowest BCUT2D eigenvalue weighted by atomic mass is 9.72. The number of hydrogen-bond donors (Lipinski definition) is 2. The number of hydrogen-bond acceptors (Lipinski definition) is 4. The van der Waals surface area contributed by atoms with Crippen molar-refractivity contribution in [2.24, 2.45) is 18.5 Å². The summed E-state index contributed by atoms with van der Waals surface area (Å²) in [6.45, 7) is 1.14. The van der Waals surface area contributed by atoms with Crippen LogP contribution in [0.1, 0.15) is 41.7 Å². The van der Waals surface area contributed by atoms with Gasteiger partial charge in [0, 0.05) is 47.7 Å². The number of halogens is 2. The lowest BCUT2D eigenvalue weighted by molar-refractivity contribution is -0.125. The predicted molar refractivity (Wildman–Crippen MR) is 173 cm³/mol. The summed E-state index contributed by atoms with van der Waals surface area (Å²) in [6.07, 6.45) is 1.66. The van der Waals surface area contributed by atoms with E-state index in [0.717, 1.165) is 27.9 Å². The van der Waals surface area contributed by atoms with Crippen LogP contribution in [0, 0.1) is 0 Å². The van der Waals surface area contributed by atoms with Crippen molar-refractivity contribution in [2.45, 2.75) is 31.1 Å². The number of likely N-dealkylation sites (tertiary alicyclic amines) is 1. The molecule has 3 amide bonds. The number of carbonyl (C=O) groups excluding carboxylic acids is 3. The van der Waals surface area contributed by atoms with Crippen LogP contribution in [0.15, 0.2) is 78.9 Å². The molecule has 1 aliphatic heterocycles. The van der Waals surface area contributed by atoms with E-state index in [-0.39, 0.29) is 24.1 Å². The van der Waals surface area contributed by atoms with E-state index in [2.05, 4.69) is 0 Å². The highest BCUT2D eigenvalue weighted by Gasteiger charge is 2.42. The van der Waals surface area contributed by atoms with Crippen LogP contribution in [-0.2, 0) is 22.1 Å². The quantitative estimate of drug-likeness (QED) is 0.209. The van der Waals surface area contributed by atoms with Crippen LogP contribution >= 0.6 is 23.2 Å². The third kappa shape index (κ3) is 6.32. The molecule has 0 saturated carbocycles. The van der Waals surface area contributed by atoms with Crippen LogP contribution in [0.2, 0.25) is 10.0 Å². The Kier molecular flexibility index (Phi) is 9.32. The second-order valence-corrected chi connectivity index (χ2v) is 11.9. The fourth-order valence-corrected chi connectivity index (χ4v) is 6.41. The Balaban J connectivity index is 1.45. The van der Waals surface area contributed by atoms with Gasteiger partial charge in [-0.05, 0) is 72.9 Å². The summed E-state index contributed by atoms with van der Waals surface area (Å²) in [5, 5.41) is 0.972. The standard InChI is InChI=1S/C34H34Cl2N4O4/c1-39-29(32(42)40-17-15-34(16-18-40,33(38)43)23-6-3-2-4-7-23)21-27(26-14-11-24(35)20-28(26)36)31(39)22-9-12-25(13-10-22)44-19-5-8-30(37)41/h2-4,6-7,9-14,20-21H,5,8,15-19H2,1H3,(H2,37,41)(H2,38,43). The molecule has 1 fully saturated rings. The lowest BCUT2D eigenvalue weighted by Gasteiger charge is -2.40. The molecule has 0 spiro atoms. The smallest absolute Gasteiger partial charge is 0.270 e. The molecule has 0 atom stereocenters. The van der Waals surface area contributed by atoms with Gasteiger partial charge in [-0.3, -0.25) is 14.4 Å². The Morgan fingerprint density at radius 3 is 2.18 bits per heavy atom. The Morgan fingerprint density at radius 2 is 1.57 bits per heavy atom. The molecule has 44 heavy (non-hydrogen) atoms. The van der Waals surface area contributed by atoms with Gasteiger partial charge in [-0.1, -0.05) is 59.6 Å². The number of ether oxygens (including phenoxy) is 1. The molecule has 1 saturated heterocycles. The van der Waals surface area contributed by atoms with Crippen LogP contribution in [0.5, 0.6) is 5.75 Å². The maximum Gasteiger partial charge on any atom is 0.270 e. The number of piperidine rings is 1. The van der Waals surface area contributed by atoms with Gasteiger partial charge in [0.15, 0.2) is 0 Å². The largest absolute Gasteiger partial charge is 0.494 e. The normalized spacial score (nSPS) is 14.3. The summed E-state index contributed by atoms with van der Waals surface area (Å²) in [5.41, 5.74) is 14.9. The van der Waals surface area contributed by atoms with Gasteiger partial charge in [0.05, 0.1) is 17.7 Å². The van der Waals surface area contributed by atoms with Crippen LogP contribution in [-0.4, -0.2) is 46.9 Å². The number of primary amides is 2. The summed E-state index contributed by atoms with van der Waals surface area (Å²) >= 11 is 12.9. The van der Waals surface area contributed by atoms with Gasteiger partial charge < -0.3 is 25.7 Å². The summed E-state index contributed by atoms with van der Waals surface area (Å²) in [7, 11) is 1.85. The number of amides is 3. The minimum atomic E-state index is -0.816. The maximum atomic E-state index is 14.0. The van der Waals surface area contributed by atoms with E-state index in [4.69, 9.17) is 39.4 Å². The average Bonchev–Trinajstić information content (AvgIpc) is 3.36. The second kappa shape index (κ2) is 13.2. The third-order valence-corrected chi connectivity index (χ3v) is 8.89. The lowest BCUT2D eigenvalue weighted by Crippen LogP contribution is -2.51. The SMILES string of the molecule is Cn1c(C(=O)N2CCC(C(N)=O)(c3ccccc3)CC2)cc(-c2ccc(Cl)cc2Cl)c1-c1ccc(OCCCC(N)=O)cc1. The highest BCUT2D eigenvalue weighted by atomic mass is 35.5. The first kappa shape index (κ1) is 31.2. The summed E-state index contributed by atoms with van der Waals surface area (Å²) in [5.74, 6) is -0.235. The minimum Gasteiger partial charge on any atom is -0.494 e. The molecule has 3 aromatic carbocycles. The van der Waals surface area contributed by atoms with E-state index in [1.165, 1.54) is 0 Å². The molecule has 10 heteroatoms. The molecule has 5 rings (SSSR count). The molecule has 8 nitrogen and oxygen atoms in total. The molecule has 0 bridgehead atoms. The van der Waals surface area contributed by atoms with Gasteiger partial charge in [-0.2, -0.15) is 0 Å². The zero-order valence-electron chi connectivity index (χ0n) is 24.4. The van der Waals surface area contributed by atoms with E-state index in [9.17, 15) is 14.4 Å². The molecule has 0 unspecified atom stereocenters. The third-order valence-electron chi connectivity index (χ3n) is 8.34. The van der Waals surface area contributed by atoms with Crippen LogP contribution in [0.4, 0.5) is 0 Å². The predicted octanol–water partition coefficient (Wildman–Crippen LogP) is 5.97. The molecule has 1 aromatic heterocycles. The number of nitrogens with zero attached hydrogens (tertiary/aromatic N) is 2. The number of rotatable bonds is 10. The highest BCUT2D eigenvalue weighted by Crippen LogP contribution is 2.41. The molecule has 228 valence electrons. The van der Waals surface area contributed by atoms with Crippen LogP contribution in [0.3, 0.4) is 0 Å². The molecule has 0 aliphatic carbocycles. The van der Waals surface area contributed by atoms with Crippen molar-refractivity contribution >= 4 is 40.9 Å². The molecule has 4 N–H and O–H groups in total.